The second kappa shape index (κ2) is 9.02. The first kappa shape index (κ1) is 22.1. The summed E-state index contributed by atoms with van der Waals surface area (Å²) < 4.78 is 67.0. The molecular weight excluding hydrogens is 412 g/mol. The third-order valence-corrected chi connectivity index (χ3v) is 7.72. The third-order valence-electron chi connectivity index (χ3n) is 4.45. The van der Waals surface area contributed by atoms with Crippen LogP contribution in [0.3, 0.4) is 0 Å². The van der Waals surface area contributed by atoms with Crippen molar-refractivity contribution in [1.29, 1.82) is 0 Å². The molecule has 30 heavy (non-hydrogen) atoms. The van der Waals surface area contributed by atoms with Crippen molar-refractivity contribution >= 4 is 18.9 Å². The number of rotatable bonds is 7. The van der Waals surface area contributed by atoms with E-state index in [9.17, 15) is 17.6 Å². The Morgan fingerprint density at radius 3 is 1.80 bits per heavy atom. The zero-order valence-electron chi connectivity index (χ0n) is 16.6. The van der Waals surface area contributed by atoms with Gasteiger partial charge >= 0.3 is 14.7 Å². The Balaban J connectivity index is 2.19. The molecule has 0 aliphatic rings. The number of halogens is 4. The van der Waals surface area contributed by atoms with Crippen LogP contribution in [0.4, 0.5) is 17.6 Å². The van der Waals surface area contributed by atoms with Crippen molar-refractivity contribution < 1.29 is 26.4 Å². The van der Waals surface area contributed by atoms with Gasteiger partial charge in [0.1, 0.15) is 5.75 Å². The van der Waals surface area contributed by atoms with Gasteiger partial charge in [-0.1, -0.05) is 80.6 Å². The van der Waals surface area contributed by atoms with Gasteiger partial charge in [0.15, 0.2) is 5.82 Å². The summed E-state index contributed by atoms with van der Waals surface area (Å²) in [5.74, 6) is -1.78. The molecule has 158 valence electrons. The molecule has 0 atom stereocenters. The molecule has 3 aromatic rings. The Bertz CT molecular complexity index is 920. The molecule has 0 saturated heterocycles. The van der Waals surface area contributed by atoms with E-state index in [1.165, 1.54) is 6.07 Å². The number of alkyl halides is 3. The Hall–Kier alpha value is -2.64. The smallest absolute Gasteiger partial charge is 0.468 e. The monoisotopic (exact) mass is 434 g/mol. The topological polar surface area (TPSA) is 18.5 Å². The van der Waals surface area contributed by atoms with E-state index in [1.807, 2.05) is 26.0 Å². The van der Waals surface area contributed by atoms with E-state index in [0.717, 1.165) is 6.07 Å². The lowest BCUT2D eigenvalue weighted by Gasteiger charge is -2.33. The quantitative estimate of drug-likeness (QED) is 0.378. The van der Waals surface area contributed by atoms with Crippen LogP contribution in [-0.2, 0) is 10.6 Å². The summed E-state index contributed by atoms with van der Waals surface area (Å²) in [4.78, 5) is 0. The van der Waals surface area contributed by atoms with Crippen LogP contribution in [0.2, 0.25) is 0 Å². The lowest BCUT2D eigenvalue weighted by atomic mass is 10.2. The van der Waals surface area contributed by atoms with Gasteiger partial charge in [-0.25, -0.2) is 4.39 Å². The maximum absolute atomic E-state index is 14.9. The molecule has 2 nitrogen and oxygen atoms in total. The summed E-state index contributed by atoms with van der Waals surface area (Å²) in [6, 6.07) is 21.1. The van der Waals surface area contributed by atoms with E-state index < -0.39 is 31.9 Å². The van der Waals surface area contributed by atoms with Crippen LogP contribution in [0.25, 0.3) is 0 Å². The second-order valence-corrected chi connectivity index (χ2v) is 10.2. The minimum Gasteiger partial charge on any atom is -0.511 e. The van der Waals surface area contributed by atoms with Crippen molar-refractivity contribution in [1.82, 2.24) is 0 Å². The molecule has 3 rings (SSSR count). The van der Waals surface area contributed by atoms with Gasteiger partial charge in [-0.3, -0.25) is 0 Å². The first-order valence-corrected chi connectivity index (χ1v) is 11.4. The zero-order valence-corrected chi connectivity index (χ0v) is 17.6. The molecule has 0 N–H and O–H groups in total. The molecule has 0 unspecified atom stereocenters. The predicted octanol–water partition coefficient (Wildman–Crippen LogP) is 5.15. The highest BCUT2D eigenvalue weighted by atomic mass is 28.4. The summed E-state index contributed by atoms with van der Waals surface area (Å²) in [7, 11) is -3.57. The molecule has 0 amide bonds. The first-order chi connectivity index (χ1) is 14.2. The molecule has 3 aromatic carbocycles. The van der Waals surface area contributed by atoms with Crippen molar-refractivity contribution in [3.8, 4) is 5.75 Å². The lowest BCUT2D eigenvalue weighted by molar-refractivity contribution is -0.140. The Labute approximate surface area is 174 Å². The van der Waals surface area contributed by atoms with Gasteiger partial charge in [0.25, 0.3) is 0 Å². The number of hydrogen-bond acceptors (Lipinski definition) is 2. The summed E-state index contributed by atoms with van der Waals surface area (Å²) in [5.41, 5.74) is -1.37. The fourth-order valence-electron chi connectivity index (χ4n) is 3.04. The average molecular weight is 435 g/mol. The Morgan fingerprint density at radius 1 is 0.800 bits per heavy atom. The SMILES string of the molecule is CC(C)CO[Si](Oc1cccc(C(F)(F)F)c1F)(c1ccccc1)c1ccccc1. The van der Waals surface area contributed by atoms with Gasteiger partial charge in [-0.15, -0.1) is 0 Å². The number of hydrogen-bond donors (Lipinski definition) is 0. The van der Waals surface area contributed by atoms with Crippen LogP contribution in [0.1, 0.15) is 19.4 Å². The van der Waals surface area contributed by atoms with Gasteiger partial charge in [0.2, 0.25) is 0 Å². The molecule has 0 bridgehead atoms. The Morgan fingerprint density at radius 2 is 1.33 bits per heavy atom. The molecule has 0 aliphatic carbocycles. The van der Waals surface area contributed by atoms with Gasteiger partial charge in [0, 0.05) is 17.0 Å². The summed E-state index contributed by atoms with van der Waals surface area (Å²) in [5, 5.41) is 1.35. The van der Waals surface area contributed by atoms with E-state index in [-0.39, 0.29) is 5.92 Å². The predicted molar refractivity (Wildman–Crippen MR) is 111 cm³/mol. The molecule has 0 fully saturated rings. The molecule has 0 saturated carbocycles. The summed E-state index contributed by atoms with van der Waals surface area (Å²) >= 11 is 0. The minimum atomic E-state index is -4.83. The summed E-state index contributed by atoms with van der Waals surface area (Å²) in [6.07, 6.45) is -4.83. The molecule has 0 spiro atoms. The molecule has 0 radical (unpaired) electrons. The van der Waals surface area contributed by atoms with E-state index in [2.05, 4.69) is 0 Å². The maximum atomic E-state index is 14.9. The zero-order chi connectivity index (χ0) is 21.8. The largest absolute Gasteiger partial charge is 0.511 e. The van der Waals surface area contributed by atoms with Crippen LogP contribution in [-0.4, -0.2) is 15.2 Å². The van der Waals surface area contributed by atoms with E-state index in [1.54, 1.807) is 48.5 Å². The van der Waals surface area contributed by atoms with Gasteiger partial charge < -0.3 is 8.85 Å². The van der Waals surface area contributed by atoms with Crippen LogP contribution < -0.4 is 14.8 Å². The van der Waals surface area contributed by atoms with E-state index in [4.69, 9.17) is 8.85 Å². The van der Waals surface area contributed by atoms with Crippen molar-refractivity contribution in [3.63, 3.8) is 0 Å². The highest BCUT2D eigenvalue weighted by Gasteiger charge is 2.46. The van der Waals surface area contributed by atoms with Crippen molar-refractivity contribution in [2.45, 2.75) is 20.0 Å². The molecular formula is C23H22F4O2Si. The molecule has 0 aromatic heterocycles. The molecule has 0 heterocycles. The minimum absolute atomic E-state index is 0.138. The molecule has 7 heteroatoms. The standard InChI is InChI=1S/C23H22F4O2Si/c1-17(2)16-28-30(18-10-5-3-6-11-18,19-12-7-4-8-13-19)29-21-15-9-14-20(22(21)24)23(25,26)27/h3-15,17H,16H2,1-2H3. The highest BCUT2D eigenvalue weighted by Crippen LogP contribution is 2.35. The summed E-state index contributed by atoms with van der Waals surface area (Å²) in [6.45, 7) is 4.22. The van der Waals surface area contributed by atoms with Crippen LogP contribution in [0, 0.1) is 11.7 Å². The van der Waals surface area contributed by atoms with Crippen LogP contribution >= 0.6 is 0 Å². The van der Waals surface area contributed by atoms with Gasteiger partial charge in [0.05, 0.1) is 5.56 Å². The van der Waals surface area contributed by atoms with E-state index >= 15 is 0 Å². The fraction of sp³-hybridized carbons (Fsp3) is 0.217. The number of benzene rings is 3. The van der Waals surface area contributed by atoms with Crippen molar-refractivity contribution in [2.24, 2.45) is 5.92 Å². The van der Waals surface area contributed by atoms with Gasteiger partial charge in [-0.05, 0) is 18.1 Å². The van der Waals surface area contributed by atoms with Crippen molar-refractivity contribution in [3.05, 3.63) is 90.2 Å². The lowest BCUT2D eigenvalue weighted by Crippen LogP contribution is -2.66. The molecule has 0 aliphatic heterocycles. The van der Waals surface area contributed by atoms with Crippen molar-refractivity contribution in [2.75, 3.05) is 6.61 Å². The third kappa shape index (κ3) is 4.74. The first-order valence-electron chi connectivity index (χ1n) is 9.54. The highest BCUT2D eigenvalue weighted by molar-refractivity contribution is 6.93. The fourth-order valence-corrected chi connectivity index (χ4v) is 6.30. The van der Waals surface area contributed by atoms with Crippen LogP contribution in [0.5, 0.6) is 5.75 Å². The average Bonchev–Trinajstić information content (AvgIpc) is 2.72. The maximum Gasteiger partial charge on any atom is 0.468 e. The van der Waals surface area contributed by atoms with Gasteiger partial charge in [-0.2, -0.15) is 13.2 Å². The second-order valence-electron chi connectivity index (χ2n) is 7.27. The normalized spacial score (nSPS) is 12.2. The van der Waals surface area contributed by atoms with E-state index in [0.29, 0.717) is 23.0 Å². The Kier molecular flexibility index (Phi) is 6.63. The van der Waals surface area contributed by atoms with Crippen LogP contribution in [0.15, 0.2) is 78.9 Å².